The minimum absolute atomic E-state index is 0.00179. The molecule has 0 spiro atoms. The molecule has 2 amide bonds. The average Bonchev–Trinajstić information content (AvgIpc) is 3.23. The molecule has 1 fully saturated rings. The Bertz CT molecular complexity index is 1010. The number of thiazole rings is 1. The highest BCUT2D eigenvalue weighted by molar-refractivity contribution is 7.14. The van der Waals surface area contributed by atoms with E-state index in [9.17, 15) is 9.59 Å². The van der Waals surface area contributed by atoms with Crippen molar-refractivity contribution in [1.29, 1.82) is 0 Å². The van der Waals surface area contributed by atoms with Crippen LogP contribution in [0.15, 0.2) is 59.3 Å². The molecule has 1 saturated carbocycles. The molecule has 1 aromatic carbocycles. The largest absolute Gasteiger partial charge is 0.331 e. The zero-order chi connectivity index (χ0) is 20.2. The highest BCUT2D eigenvalue weighted by Crippen LogP contribution is 2.31. The number of carbonyl (C=O) groups excluding carboxylic acids is 2. The molecule has 0 radical (unpaired) electrons. The van der Waals surface area contributed by atoms with Gasteiger partial charge in [0.1, 0.15) is 0 Å². The molecule has 3 aromatic rings. The lowest BCUT2D eigenvalue weighted by Crippen LogP contribution is -2.30. The molecule has 0 bridgehead atoms. The average molecular weight is 424 g/mol. The van der Waals surface area contributed by atoms with Crippen molar-refractivity contribution in [3.63, 3.8) is 0 Å². The van der Waals surface area contributed by atoms with E-state index in [2.05, 4.69) is 11.1 Å². The van der Waals surface area contributed by atoms with E-state index >= 15 is 0 Å². The van der Waals surface area contributed by atoms with Gasteiger partial charge < -0.3 is 4.90 Å². The second kappa shape index (κ2) is 8.71. The number of anilines is 2. The van der Waals surface area contributed by atoms with Crippen LogP contribution in [0, 0.1) is 0 Å². The van der Waals surface area contributed by atoms with Gasteiger partial charge in [0.15, 0.2) is 5.13 Å². The van der Waals surface area contributed by atoms with Crippen LogP contribution < -0.4 is 4.90 Å². The highest BCUT2D eigenvalue weighted by atomic mass is 32.1. The highest BCUT2D eigenvalue weighted by Gasteiger charge is 2.31. The quantitative estimate of drug-likeness (QED) is 0.497. The minimum Gasteiger partial charge on any atom is -0.331 e. The molecule has 148 valence electrons. The molecule has 0 unspecified atom stereocenters. The summed E-state index contributed by atoms with van der Waals surface area (Å²) in [6.45, 7) is 2.17. The normalized spacial score (nSPS) is 13.6. The Kier molecular flexibility index (Phi) is 5.87. The molecular formula is C22H21N3O2S2. The topological polar surface area (TPSA) is 53.5 Å². The van der Waals surface area contributed by atoms with Gasteiger partial charge in [0.2, 0.25) is 11.8 Å². The fourth-order valence-electron chi connectivity index (χ4n) is 3.06. The fraction of sp³-hybridized carbons (Fsp3) is 0.227. The number of carbonyl (C=O) groups is 2. The molecule has 0 atom stereocenters. The maximum Gasteiger partial charge on any atom is 0.247 e. The van der Waals surface area contributed by atoms with E-state index in [4.69, 9.17) is 0 Å². The Labute approximate surface area is 177 Å². The standard InChI is InChI=1S/C22H21N3O2S2/c1-16(26)25(19-6-3-2-4-7-19)22-23-17(15-29-22)9-12-21(27)24(18-10-11-18)14-20-8-5-13-28-20/h2-9,12-13,15,18H,10-11,14H2,1H3/b12-9+. The van der Waals surface area contributed by atoms with Crippen molar-refractivity contribution in [1.82, 2.24) is 9.88 Å². The van der Waals surface area contributed by atoms with E-state index in [-0.39, 0.29) is 11.8 Å². The predicted molar refractivity (Wildman–Crippen MR) is 118 cm³/mol. The van der Waals surface area contributed by atoms with Crippen molar-refractivity contribution >= 4 is 51.4 Å². The fourth-order valence-corrected chi connectivity index (χ4v) is 4.61. The first kappa shape index (κ1) is 19.5. The van der Waals surface area contributed by atoms with E-state index in [1.807, 2.05) is 52.1 Å². The Morgan fingerprint density at radius 3 is 2.59 bits per heavy atom. The molecule has 1 aliphatic rings. The maximum atomic E-state index is 12.7. The van der Waals surface area contributed by atoms with Gasteiger partial charge in [-0.15, -0.1) is 22.7 Å². The third-order valence-electron chi connectivity index (χ3n) is 4.60. The summed E-state index contributed by atoms with van der Waals surface area (Å²) in [5.41, 5.74) is 1.45. The monoisotopic (exact) mass is 423 g/mol. The van der Waals surface area contributed by atoms with Gasteiger partial charge in [0.25, 0.3) is 0 Å². The maximum absolute atomic E-state index is 12.7. The number of hydrogen-bond acceptors (Lipinski definition) is 5. The Morgan fingerprint density at radius 1 is 1.14 bits per heavy atom. The summed E-state index contributed by atoms with van der Waals surface area (Å²) < 4.78 is 0. The van der Waals surface area contributed by atoms with Gasteiger partial charge in [0.05, 0.1) is 17.9 Å². The number of hydrogen-bond donors (Lipinski definition) is 0. The van der Waals surface area contributed by atoms with Crippen molar-refractivity contribution in [3.8, 4) is 0 Å². The molecule has 5 nitrogen and oxygen atoms in total. The lowest BCUT2D eigenvalue weighted by atomic mass is 10.3. The predicted octanol–water partition coefficient (Wildman–Crippen LogP) is 5.09. The molecule has 1 aliphatic carbocycles. The van der Waals surface area contributed by atoms with Crippen molar-refractivity contribution < 1.29 is 9.59 Å². The van der Waals surface area contributed by atoms with Crippen LogP contribution in [-0.4, -0.2) is 27.7 Å². The number of thiophene rings is 1. The third-order valence-corrected chi connectivity index (χ3v) is 6.31. The van der Waals surface area contributed by atoms with Gasteiger partial charge in [-0.25, -0.2) is 4.98 Å². The number of amides is 2. The van der Waals surface area contributed by atoms with Gasteiger partial charge >= 0.3 is 0 Å². The van der Waals surface area contributed by atoms with Crippen LogP contribution in [0.1, 0.15) is 30.3 Å². The van der Waals surface area contributed by atoms with Gasteiger partial charge in [0, 0.05) is 29.3 Å². The summed E-state index contributed by atoms with van der Waals surface area (Å²) in [6, 6.07) is 13.8. The number of para-hydroxylation sites is 1. The molecule has 0 aliphatic heterocycles. The van der Waals surface area contributed by atoms with Crippen molar-refractivity contribution in [3.05, 3.63) is 69.9 Å². The number of nitrogens with zero attached hydrogens (tertiary/aromatic N) is 3. The minimum atomic E-state index is -0.104. The van der Waals surface area contributed by atoms with E-state index in [0.29, 0.717) is 23.4 Å². The summed E-state index contributed by atoms with van der Waals surface area (Å²) in [6.07, 6.45) is 5.45. The third kappa shape index (κ3) is 4.81. The Hall–Kier alpha value is -2.77. The van der Waals surface area contributed by atoms with Crippen molar-refractivity contribution in [2.45, 2.75) is 32.4 Å². The molecular weight excluding hydrogens is 402 g/mol. The van der Waals surface area contributed by atoms with Crippen LogP contribution in [0.3, 0.4) is 0 Å². The Morgan fingerprint density at radius 2 is 1.93 bits per heavy atom. The summed E-state index contributed by atoms with van der Waals surface area (Å²) >= 11 is 3.05. The summed E-state index contributed by atoms with van der Waals surface area (Å²) in [5.74, 6) is -0.102. The second-order valence-corrected chi connectivity index (χ2v) is 8.72. The van der Waals surface area contributed by atoms with E-state index in [0.717, 1.165) is 18.5 Å². The van der Waals surface area contributed by atoms with Gasteiger partial charge in [-0.1, -0.05) is 24.3 Å². The number of rotatable bonds is 7. The van der Waals surface area contributed by atoms with Crippen LogP contribution in [0.4, 0.5) is 10.8 Å². The first-order valence-electron chi connectivity index (χ1n) is 9.44. The Balaban J connectivity index is 1.48. The van der Waals surface area contributed by atoms with Crippen LogP contribution in [0.5, 0.6) is 0 Å². The van der Waals surface area contributed by atoms with Gasteiger partial charge in [-0.3, -0.25) is 14.5 Å². The summed E-state index contributed by atoms with van der Waals surface area (Å²) in [7, 11) is 0. The van der Waals surface area contributed by atoms with Gasteiger partial charge in [-0.05, 0) is 42.5 Å². The van der Waals surface area contributed by atoms with Crippen LogP contribution in [-0.2, 0) is 16.1 Å². The van der Waals surface area contributed by atoms with Gasteiger partial charge in [-0.2, -0.15) is 0 Å². The lowest BCUT2D eigenvalue weighted by molar-refractivity contribution is -0.127. The summed E-state index contributed by atoms with van der Waals surface area (Å²) in [4.78, 5) is 34.2. The van der Waals surface area contributed by atoms with Crippen LogP contribution >= 0.6 is 22.7 Å². The van der Waals surface area contributed by atoms with Crippen LogP contribution in [0.2, 0.25) is 0 Å². The molecule has 2 heterocycles. The lowest BCUT2D eigenvalue weighted by Gasteiger charge is -2.19. The van der Waals surface area contributed by atoms with E-state index < -0.39 is 0 Å². The molecule has 0 N–H and O–H groups in total. The number of benzene rings is 1. The molecule has 2 aromatic heterocycles. The molecule has 7 heteroatoms. The van der Waals surface area contributed by atoms with E-state index in [1.165, 1.54) is 23.1 Å². The van der Waals surface area contributed by atoms with Crippen molar-refractivity contribution in [2.24, 2.45) is 0 Å². The van der Waals surface area contributed by atoms with Crippen LogP contribution in [0.25, 0.3) is 6.08 Å². The summed E-state index contributed by atoms with van der Waals surface area (Å²) in [5, 5.41) is 4.48. The SMILES string of the molecule is CC(=O)N(c1ccccc1)c1nc(/C=C/C(=O)N(Cc2cccs2)C2CC2)cs1. The molecule has 4 rings (SSSR count). The van der Waals surface area contributed by atoms with Crippen molar-refractivity contribution in [2.75, 3.05) is 4.90 Å². The molecule has 29 heavy (non-hydrogen) atoms. The first-order chi connectivity index (χ1) is 14.1. The smallest absolute Gasteiger partial charge is 0.247 e. The first-order valence-corrected chi connectivity index (χ1v) is 11.2. The zero-order valence-electron chi connectivity index (χ0n) is 16.0. The number of aromatic nitrogens is 1. The molecule has 0 saturated heterocycles. The zero-order valence-corrected chi connectivity index (χ0v) is 17.7. The van der Waals surface area contributed by atoms with E-state index in [1.54, 1.807) is 28.4 Å². The second-order valence-electron chi connectivity index (χ2n) is 6.85.